The molecule has 7 heteroatoms. The Kier molecular flexibility index (Phi) is 4.09. The summed E-state index contributed by atoms with van der Waals surface area (Å²) in [6, 6.07) is 6.20. The van der Waals surface area contributed by atoms with E-state index in [-0.39, 0.29) is 35.6 Å². The normalized spacial score (nSPS) is 20.9. The Bertz CT molecular complexity index is 957. The summed E-state index contributed by atoms with van der Waals surface area (Å²) in [5.41, 5.74) is 0.744. The number of halogens is 1. The highest BCUT2D eigenvalue weighted by Gasteiger charge is 2.25. The van der Waals surface area contributed by atoms with Gasteiger partial charge in [0, 0.05) is 18.3 Å². The van der Waals surface area contributed by atoms with Crippen LogP contribution in [0.3, 0.4) is 0 Å². The van der Waals surface area contributed by atoms with E-state index in [0.29, 0.717) is 5.56 Å². The standard InChI is InChI=1S/C18H19FN4O2/c19-14-3-1-2-12(10-14)11-22-8-9-23-16(20-21-17(23)18(22)25)13-4-6-15(24)7-5-13/h1-3,8-10,13,15,24H,4-7,11H2. The number of fused-ring (bicyclic) bond motifs is 1. The van der Waals surface area contributed by atoms with E-state index in [0.717, 1.165) is 31.5 Å². The number of hydrogen-bond donors (Lipinski definition) is 1. The fourth-order valence-corrected chi connectivity index (χ4v) is 3.51. The molecule has 4 rings (SSSR count). The van der Waals surface area contributed by atoms with Crippen molar-refractivity contribution in [3.05, 3.63) is 64.2 Å². The monoisotopic (exact) mass is 342 g/mol. The minimum Gasteiger partial charge on any atom is -0.393 e. The van der Waals surface area contributed by atoms with Crippen LogP contribution in [0.1, 0.15) is 43.0 Å². The van der Waals surface area contributed by atoms with Crippen LogP contribution < -0.4 is 5.56 Å². The summed E-state index contributed by atoms with van der Waals surface area (Å²) < 4.78 is 16.6. The van der Waals surface area contributed by atoms with Gasteiger partial charge in [-0.15, -0.1) is 10.2 Å². The highest BCUT2D eigenvalue weighted by atomic mass is 19.1. The number of aliphatic hydroxyl groups is 1. The van der Waals surface area contributed by atoms with Gasteiger partial charge in [0.05, 0.1) is 12.6 Å². The van der Waals surface area contributed by atoms with E-state index >= 15 is 0 Å². The molecule has 1 aliphatic carbocycles. The lowest BCUT2D eigenvalue weighted by Crippen LogP contribution is -2.23. The number of aromatic nitrogens is 4. The average Bonchev–Trinajstić information content (AvgIpc) is 3.03. The van der Waals surface area contributed by atoms with Crippen molar-refractivity contribution in [3.8, 4) is 0 Å². The van der Waals surface area contributed by atoms with Crippen LogP contribution in [-0.4, -0.2) is 30.4 Å². The van der Waals surface area contributed by atoms with Crippen molar-refractivity contribution in [3.63, 3.8) is 0 Å². The number of rotatable bonds is 3. The maximum absolute atomic E-state index is 13.3. The van der Waals surface area contributed by atoms with Gasteiger partial charge in [-0.25, -0.2) is 4.39 Å². The smallest absolute Gasteiger partial charge is 0.296 e. The molecule has 0 unspecified atom stereocenters. The molecule has 1 N–H and O–H groups in total. The molecule has 0 saturated heterocycles. The SMILES string of the molecule is O=c1c2nnc(C3CCC(O)CC3)n2ccn1Cc1cccc(F)c1. The lowest BCUT2D eigenvalue weighted by molar-refractivity contribution is 0.121. The fourth-order valence-electron chi connectivity index (χ4n) is 3.51. The van der Waals surface area contributed by atoms with Gasteiger partial charge in [-0.1, -0.05) is 12.1 Å². The Morgan fingerprint density at radius 3 is 2.72 bits per heavy atom. The van der Waals surface area contributed by atoms with Crippen molar-refractivity contribution in [2.45, 2.75) is 44.2 Å². The molecule has 2 heterocycles. The summed E-state index contributed by atoms with van der Waals surface area (Å²) in [4.78, 5) is 12.7. The van der Waals surface area contributed by atoms with Crippen molar-refractivity contribution >= 4 is 5.65 Å². The fraction of sp³-hybridized carbons (Fsp3) is 0.389. The topological polar surface area (TPSA) is 72.4 Å². The lowest BCUT2D eigenvalue weighted by atomic mass is 9.87. The summed E-state index contributed by atoms with van der Waals surface area (Å²) >= 11 is 0. The quantitative estimate of drug-likeness (QED) is 0.791. The maximum atomic E-state index is 13.3. The zero-order valence-corrected chi connectivity index (χ0v) is 13.7. The van der Waals surface area contributed by atoms with Crippen LogP contribution >= 0.6 is 0 Å². The molecule has 25 heavy (non-hydrogen) atoms. The van der Waals surface area contributed by atoms with Gasteiger partial charge in [0.25, 0.3) is 5.56 Å². The van der Waals surface area contributed by atoms with Crippen LogP contribution in [-0.2, 0) is 6.54 Å². The third kappa shape index (κ3) is 3.07. The van der Waals surface area contributed by atoms with Gasteiger partial charge in [-0.2, -0.15) is 0 Å². The van der Waals surface area contributed by atoms with Gasteiger partial charge < -0.3 is 9.67 Å². The molecule has 1 fully saturated rings. The Balaban J connectivity index is 1.66. The van der Waals surface area contributed by atoms with Crippen molar-refractivity contribution in [2.75, 3.05) is 0 Å². The highest BCUT2D eigenvalue weighted by Crippen LogP contribution is 2.31. The van der Waals surface area contributed by atoms with E-state index in [1.165, 1.54) is 16.7 Å². The molecule has 6 nitrogen and oxygen atoms in total. The van der Waals surface area contributed by atoms with Gasteiger partial charge in [0.15, 0.2) is 0 Å². The summed E-state index contributed by atoms with van der Waals surface area (Å²) in [5, 5.41) is 18.0. The molecule has 0 amide bonds. The number of nitrogens with zero attached hydrogens (tertiary/aromatic N) is 4. The molecule has 0 aliphatic heterocycles. The molecule has 2 aromatic heterocycles. The van der Waals surface area contributed by atoms with E-state index < -0.39 is 0 Å². The van der Waals surface area contributed by atoms with E-state index in [2.05, 4.69) is 10.2 Å². The summed E-state index contributed by atoms with van der Waals surface area (Å²) in [7, 11) is 0. The molecule has 0 bridgehead atoms. The van der Waals surface area contributed by atoms with Crippen molar-refractivity contribution < 1.29 is 9.50 Å². The Morgan fingerprint density at radius 1 is 1.16 bits per heavy atom. The third-order valence-corrected chi connectivity index (χ3v) is 4.87. The van der Waals surface area contributed by atoms with Crippen LogP contribution in [0.25, 0.3) is 5.65 Å². The minimum atomic E-state index is -0.323. The largest absolute Gasteiger partial charge is 0.393 e. The van der Waals surface area contributed by atoms with Crippen LogP contribution in [0.15, 0.2) is 41.5 Å². The average molecular weight is 342 g/mol. The molecule has 3 aromatic rings. The van der Waals surface area contributed by atoms with Crippen molar-refractivity contribution in [2.24, 2.45) is 0 Å². The Morgan fingerprint density at radius 2 is 1.96 bits per heavy atom. The molecule has 0 atom stereocenters. The molecule has 1 aromatic carbocycles. The molecule has 1 aliphatic rings. The van der Waals surface area contributed by atoms with Crippen LogP contribution in [0.4, 0.5) is 4.39 Å². The third-order valence-electron chi connectivity index (χ3n) is 4.87. The predicted octanol–water partition coefficient (Wildman–Crippen LogP) is 2.10. The van der Waals surface area contributed by atoms with Gasteiger partial charge in [-0.3, -0.25) is 9.20 Å². The van der Waals surface area contributed by atoms with Crippen LogP contribution in [0, 0.1) is 5.82 Å². The highest BCUT2D eigenvalue weighted by molar-refractivity contribution is 5.36. The van der Waals surface area contributed by atoms with E-state index in [1.54, 1.807) is 28.9 Å². The summed E-state index contributed by atoms with van der Waals surface area (Å²) in [6.45, 7) is 0.283. The van der Waals surface area contributed by atoms with Gasteiger partial charge in [0.1, 0.15) is 11.6 Å². The second kappa shape index (κ2) is 6.40. The Labute approximate surface area is 143 Å². The molecule has 0 spiro atoms. The molecule has 130 valence electrons. The van der Waals surface area contributed by atoms with Crippen molar-refractivity contribution in [1.29, 1.82) is 0 Å². The first-order valence-electron chi connectivity index (χ1n) is 8.48. The van der Waals surface area contributed by atoms with E-state index in [1.807, 2.05) is 0 Å². The summed E-state index contributed by atoms with van der Waals surface area (Å²) in [6.07, 6.45) is 6.41. The number of hydrogen-bond acceptors (Lipinski definition) is 4. The first kappa shape index (κ1) is 16.0. The number of benzene rings is 1. The lowest BCUT2D eigenvalue weighted by Gasteiger charge is -2.23. The first-order chi connectivity index (χ1) is 12.1. The second-order valence-corrected chi connectivity index (χ2v) is 6.62. The first-order valence-corrected chi connectivity index (χ1v) is 8.48. The molecular formula is C18H19FN4O2. The van der Waals surface area contributed by atoms with E-state index in [9.17, 15) is 14.3 Å². The molecule has 0 radical (unpaired) electrons. The predicted molar refractivity (Wildman–Crippen MR) is 90.0 cm³/mol. The Hall–Kier alpha value is -2.54. The second-order valence-electron chi connectivity index (χ2n) is 6.62. The number of aliphatic hydroxyl groups excluding tert-OH is 1. The summed E-state index contributed by atoms with van der Waals surface area (Å²) in [5.74, 6) is 0.657. The van der Waals surface area contributed by atoms with E-state index in [4.69, 9.17) is 0 Å². The zero-order chi connectivity index (χ0) is 17.4. The van der Waals surface area contributed by atoms with Gasteiger partial charge >= 0.3 is 0 Å². The van der Waals surface area contributed by atoms with Gasteiger partial charge in [0.2, 0.25) is 5.65 Å². The zero-order valence-electron chi connectivity index (χ0n) is 13.7. The van der Waals surface area contributed by atoms with Gasteiger partial charge in [-0.05, 0) is 43.4 Å². The minimum absolute atomic E-state index is 0.205. The molecular weight excluding hydrogens is 323 g/mol. The van der Waals surface area contributed by atoms with Crippen LogP contribution in [0.2, 0.25) is 0 Å². The maximum Gasteiger partial charge on any atom is 0.296 e. The van der Waals surface area contributed by atoms with Crippen LogP contribution in [0.5, 0.6) is 0 Å². The molecule has 1 saturated carbocycles. The van der Waals surface area contributed by atoms with Crippen molar-refractivity contribution in [1.82, 2.24) is 19.2 Å².